The lowest BCUT2D eigenvalue weighted by molar-refractivity contribution is -0.141. The lowest BCUT2D eigenvalue weighted by Crippen LogP contribution is -2.57. The number of Topliss-reactive ketones (excluding diaryl/α,β-unsaturated/α-hetero) is 1. The third-order valence-corrected chi connectivity index (χ3v) is 7.05. The van der Waals surface area contributed by atoms with Crippen LogP contribution in [0.4, 0.5) is 0 Å². The van der Waals surface area contributed by atoms with Crippen LogP contribution in [-0.2, 0) is 32.1 Å². The van der Waals surface area contributed by atoms with Gasteiger partial charge < -0.3 is 30.7 Å². The van der Waals surface area contributed by atoms with Crippen molar-refractivity contribution in [1.82, 2.24) is 21.3 Å². The number of benzene rings is 3. The van der Waals surface area contributed by atoms with Crippen molar-refractivity contribution in [3.8, 4) is 11.5 Å². The van der Waals surface area contributed by atoms with E-state index in [4.69, 9.17) is 9.47 Å². The molecule has 4 rings (SSSR count). The number of rotatable bonds is 13. The molecule has 0 spiro atoms. The summed E-state index contributed by atoms with van der Waals surface area (Å²) in [5, 5.41) is 10.6. The van der Waals surface area contributed by atoms with Gasteiger partial charge in [0.1, 0.15) is 12.1 Å². The monoisotopic (exact) mass is 600 g/mol. The molecule has 0 saturated heterocycles. The lowest BCUT2D eigenvalue weighted by Gasteiger charge is -2.25. The van der Waals surface area contributed by atoms with Gasteiger partial charge in [-0.15, -0.1) is 0 Å². The van der Waals surface area contributed by atoms with Crippen molar-refractivity contribution in [2.75, 3.05) is 6.79 Å². The topological polar surface area (TPSA) is 152 Å². The van der Waals surface area contributed by atoms with Gasteiger partial charge in [0, 0.05) is 18.5 Å². The largest absolute Gasteiger partial charge is 0.454 e. The van der Waals surface area contributed by atoms with Gasteiger partial charge in [0.25, 0.3) is 11.8 Å². The number of ketones is 1. The molecule has 4 N–H and O–H groups in total. The molecule has 0 radical (unpaired) electrons. The van der Waals surface area contributed by atoms with Gasteiger partial charge in [0.05, 0.1) is 6.04 Å². The van der Waals surface area contributed by atoms with E-state index in [0.29, 0.717) is 22.6 Å². The normalized spacial score (nSPS) is 13.7. The first-order valence-corrected chi connectivity index (χ1v) is 14.3. The average Bonchev–Trinajstić information content (AvgIpc) is 3.50. The molecular formula is C33H36N4O7. The SMILES string of the molecule is CC(NC(=O)C(Cc1ccccc1)NC(=O)c1ccccc1)C(=O)NC(C(=O)C(=O)NCc1ccc2c(c1)OCO2)C(C)C. The average molecular weight is 601 g/mol. The zero-order valence-corrected chi connectivity index (χ0v) is 24.8. The quantitative estimate of drug-likeness (QED) is 0.220. The van der Waals surface area contributed by atoms with Crippen molar-refractivity contribution >= 4 is 29.4 Å². The van der Waals surface area contributed by atoms with E-state index in [0.717, 1.165) is 5.56 Å². The molecule has 0 aliphatic carbocycles. The van der Waals surface area contributed by atoms with Gasteiger partial charge in [-0.2, -0.15) is 0 Å². The third kappa shape index (κ3) is 8.43. The standard InChI is InChI=1S/C33H36N4O7/c1-20(2)28(29(38)33(42)34-18-23-14-15-26-27(17-23)44-19-43-26)37-30(39)21(3)35-32(41)25(16-22-10-6-4-7-11-22)36-31(40)24-12-8-5-9-13-24/h4-15,17,20-21,25,28H,16,18-19H2,1-3H3,(H,34,42)(H,35,41)(H,36,40)(H,37,39). The van der Waals surface area contributed by atoms with Crippen molar-refractivity contribution in [3.63, 3.8) is 0 Å². The van der Waals surface area contributed by atoms with Gasteiger partial charge in [-0.05, 0) is 48.2 Å². The van der Waals surface area contributed by atoms with Gasteiger partial charge in [-0.1, -0.05) is 68.4 Å². The minimum Gasteiger partial charge on any atom is -0.454 e. The Labute approximate surface area is 255 Å². The second-order valence-electron chi connectivity index (χ2n) is 10.8. The number of carbonyl (C=O) groups excluding carboxylic acids is 5. The third-order valence-electron chi connectivity index (χ3n) is 7.05. The molecule has 0 fully saturated rings. The van der Waals surface area contributed by atoms with Gasteiger partial charge in [0.2, 0.25) is 24.4 Å². The Morgan fingerprint density at radius 2 is 1.39 bits per heavy atom. The molecule has 3 atom stereocenters. The van der Waals surface area contributed by atoms with Crippen LogP contribution in [0.15, 0.2) is 78.9 Å². The van der Waals surface area contributed by atoms with Crippen molar-refractivity contribution in [2.24, 2.45) is 5.92 Å². The minimum absolute atomic E-state index is 0.0734. The molecule has 3 aromatic carbocycles. The molecule has 0 aromatic heterocycles. The van der Waals surface area contributed by atoms with E-state index in [1.54, 1.807) is 62.4 Å². The van der Waals surface area contributed by atoms with Gasteiger partial charge in [-0.25, -0.2) is 0 Å². The minimum atomic E-state index is -1.13. The lowest BCUT2D eigenvalue weighted by atomic mass is 9.98. The van der Waals surface area contributed by atoms with E-state index in [2.05, 4.69) is 21.3 Å². The highest BCUT2D eigenvalue weighted by Crippen LogP contribution is 2.32. The molecule has 11 nitrogen and oxygen atoms in total. The highest BCUT2D eigenvalue weighted by Gasteiger charge is 2.32. The highest BCUT2D eigenvalue weighted by atomic mass is 16.7. The van der Waals surface area contributed by atoms with Crippen LogP contribution in [0.2, 0.25) is 0 Å². The Bertz CT molecular complexity index is 1490. The zero-order chi connectivity index (χ0) is 31.6. The summed E-state index contributed by atoms with van der Waals surface area (Å²) in [6.07, 6.45) is 0.191. The van der Waals surface area contributed by atoms with Gasteiger partial charge in [0.15, 0.2) is 11.5 Å². The number of nitrogens with one attached hydrogen (secondary N) is 4. The molecule has 230 valence electrons. The molecule has 44 heavy (non-hydrogen) atoms. The van der Waals surface area contributed by atoms with E-state index < -0.39 is 53.5 Å². The van der Waals surface area contributed by atoms with Crippen LogP contribution in [0.25, 0.3) is 0 Å². The highest BCUT2D eigenvalue weighted by molar-refractivity contribution is 6.38. The van der Waals surface area contributed by atoms with Crippen LogP contribution in [-0.4, -0.2) is 54.3 Å². The molecule has 1 aliphatic heterocycles. The summed E-state index contributed by atoms with van der Waals surface area (Å²) >= 11 is 0. The molecule has 3 unspecified atom stereocenters. The second kappa shape index (κ2) is 14.8. The molecule has 0 saturated carbocycles. The Hall–Kier alpha value is -5.19. The summed E-state index contributed by atoms with van der Waals surface area (Å²) in [5.74, 6) is -2.59. The molecular weight excluding hydrogens is 564 g/mol. The molecule has 1 aliphatic rings. The van der Waals surface area contributed by atoms with Crippen LogP contribution in [0, 0.1) is 5.92 Å². The summed E-state index contributed by atoms with van der Waals surface area (Å²) < 4.78 is 10.6. The number of hydrogen-bond donors (Lipinski definition) is 4. The smallest absolute Gasteiger partial charge is 0.289 e. The fraction of sp³-hybridized carbons (Fsp3) is 0.303. The van der Waals surface area contributed by atoms with Gasteiger partial charge >= 0.3 is 0 Å². The first-order chi connectivity index (χ1) is 21.1. The van der Waals surface area contributed by atoms with E-state index in [1.165, 1.54) is 6.92 Å². The predicted octanol–water partition coefficient (Wildman–Crippen LogP) is 2.29. The number of amides is 4. The van der Waals surface area contributed by atoms with E-state index >= 15 is 0 Å². The summed E-state index contributed by atoms with van der Waals surface area (Å²) in [7, 11) is 0. The molecule has 1 heterocycles. The first kappa shape index (κ1) is 31.7. The van der Waals surface area contributed by atoms with Crippen molar-refractivity contribution in [2.45, 2.75) is 51.9 Å². The van der Waals surface area contributed by atoms with Crippen LogP contribution in [0.3, 0.4) is 0 Å². The number of hydrogen-bond acceptors (Lipinski definition) is 7. The Kier molecular flexibility index (Phi) is 10.7. The zero-order valence-electron chi connectivity index (χ0n) is 24.8. The summed E-state index contributed by atoms with van der Waals surface area (Å²) in [5.41, 5.74) is 1.91. The molecule has 4 amide bonds. The Morgan fingerprint density at radius 3 is 2.07 bits per heavy atom. The maximum absolute atomic E-state index is 13.3. The summed E-state index contributed by atoms with van der Waals surface area (Å²) in [4.78, 5) is 65.1. The van der Waals surface area contributed by atoms with Crippen LogP contribution in [0.5, 0.6) is 11.5 Å². The van der Waals surface area contributed by atoms with Crippen molar-refractivity contribution in [1.29, 1.82) is 0 Å². The number of carbonyl (C=O) groups is 5. The van der Waals surface area contributed by atoms with E-state index in [1.807, 2.05) is 30.3 Å². The first-order valence-electron chi connectivity index (χ1n) is 14.3. The Morgan fingerprint density at radius 1 is 0.727 bits per heavy atom. The van der Waals surface area contributed by atoms with E-state index in [9.17, 15) is 24.0 Å². The van der Waals surface area contributed by atoms with Crippen LogP contribution < -0.4 is 30.7 Å². The Balaban J connectivity index is 1.36. The number of ether oxygens (including phenoxy) is 2. The summed E-state index contributed by atoms with van der Waals surface area (Å²) in [6, 6.07) is 19.7. The predicted molar refractivity (Wildman–Crippen MR) is 162 cm³/mol. The maximum atomic E-state index is 13.3. The molecule has 11 heteroatoms. The number of fused-ring (bicyclic) bond motifs is 1. The van der Waals surface area contributed by atoms with Gasteiger partial charge in [-0.3, -0.25) is 24.0 Å². The van der Waals surface area contributed by atoms with Crippen molar-refractivity contribution in [3.05, 3.63) is 95.6 Å². The maximum Gasteiger partial charge on any atom is 0.289 e. The fourth-order valence-corrected chi connectivity index (χ4v) is 4.54. The van der Waals surface area contributed by atoms with Crippen LogP contribution >= 0.6 is 0 Å². The molecule has 3 aromatic rings. The van der Waals surface area contributed by atoms with Crippen molar-refractivity contribution < 1.29 is 33.4 Å². The second-order valence-corrected chi connectivity index (χ2v) is 10.8. The van der Waals surface area contributed by atoms with Crippen LogP contribution in [0.1, 0.15) is 42.3 Å². The fourth-order valence-electron chi connectivity index (χ4n) is 4.54. The van der Waals surface area contributed by atoms with E-state index in [-0.39, 0.29) is 19.8 Å². The summed E-state index contributed by atoms with van der Waals surface area (Å²) in [6.45, 7) is 5.06. The molecule has 0 bridgehead atoms.